The number of benzene rings is 2. The molecule has 8 nitrogen and oxygen atoms in total. The fourth-order valence-electron chi connectivity index (χ4n) is 3.05. The van der Waals surface area contributed by atoms with E-state index in [9.17, 15) is 14.9 Å². The summed E-state index contributed by atoms with van der Waals surface area (Å²) in [7, 11) is 1.60. The van der Waals surface area contributed by atoms with E-state index in [0.717, 1.165) is 15.8 Å². The number of non-ortho nitro benzene ring substituents is 1. The topological polar surface area (TPSA) is 98.5 Å². The Bertz CT molecular complexity index is 1300. The Morgan fingerprint density at radius 2 is 2.00 bits per heavy atom. The predicted octanol–water partition coefficient (Wildman–Crippen LogP) is 4.85. The van der Waals surface area contributed by atoms with Gasteiger partial charge in [-0.05, 0) is 47.5 Å². The number of hydrogen-bond donors (Lipinski definition) is 0. The number of methoxy groups -OCH3 is 1. The summed E-state index contributed by atoms with van der Waals surface area (Å²) in [5.74, 6) is 0.421. The van der Waals surface area contributed by atoms with Crippen LogP contribution in [-0.2, 0) is 11.3 Å². The van der Waals surface area contributed by atoms with E-state index in [2.05, 4.69) is 9.97 Å². The third-order valence-corrected chi connectivity index (χ3v) is 5.71. The number of carbonyl (C=O) groups is 1. The molecule has 0 aliphatic rings. The highest BCUT2D eigenvalue weighted by Crippen LogP contribution is 2.32. The number of nitro groups is 1. The zero-order valence-corrected chi connectivity index (χ0v) is 17.9. The molecule has 4 aromatic rings. The van der Waals surface area contributed by atoms with Crippen molar-refractivity contribution < 1.29 is 14.5 Å². The molecule has 0 bridgehead atoms. The number of ether oxygens (including phenoxy) is 1. The van der Waals surface area contributed by atoms with Crippen LogP contribution in [0, 0.1) is 10.1 Å². The highest BCUT2D eigenvalue weighted by Gasteiger charge is 2.19. The van der Waals surface area contributed by atoms with Crippen molar-refractivity contribution in [2.75, 3.05) is 12.0 Å². The molecule has 2 aromatic heterocycles. The van der Waals surface area contributed by atoms with Gasteiger partial charge >= 0.3 is 0 Å². The summed E-state index contributed by atoms with van der Waals surface area (Å²) < 4.78 is 6.18. The Hall–Kier alpha value is -4.11. The first kappa shape index (κ1) is 21.1. The first-order valence-corrected chi connectivity index (χ1v) is 10.4. The first-order chi connectivity index (χ1) is 15.5. The van der Waals surface area contributed by atoms with Gasteiger partial charge in [-0.1, -0.05) is 23.5 Å². The Labute approximate surface area is 187 Å². The SMILES string of the molecule is COc1ccc2nc(N(Cc3ccncc3)C(=O)/C=C/c3cccc([N+](=O)[O-])c3)sc2c1. The molecule has 0 spiro atoms. The third-order valence-electron chi connectivity index (χ3n) is 4.67. The highest BCUT2D eigenvalue weighted by molar-refractivity contribution is 7.22. The van der Waals surface area contributed by atoms with Gasteiger partial charge in [0.25, 0.3) is 11.6 Å². The molecule has 0 N–H and O–H groups in total. The van der Waals surface area contributed by atoms with Crippen LogP contribution in [0.15, 0.2) is 73.1 Å². The van der Waals surface area contributed by atoms with Crippen LogP contribution in [0.4, 0.5) is 10.8 Å². The van der Waals surface area contributed by atoms with Crippen molar-refractivity contribution in [3.8, 4) is 5.75 Å². The molecule has 32 heavy (non-hydrogen) atoms. The number of fused-ring (bicyclic) bond motifs is 1. The number of anilines is 1. The maximum absolute atomic E-state index is 13.2. The van der Waals surface area contributed by atoms with Gasteiger partial charge in [0.1, 0.15) is 5.75 Å². The van der Waals surface area contributed by atoms with Gasteiger partial charge < -0.3 is 4.74 Å². The number of nitro benzene ring substituents is 1. The summed E-state index contributed by atoms with van der Waals surface area (Å²) in [6.45, 7) is 0.303. The van der Waals surface area contributed by atoms with Crippen LogP contribution in [0.1, 0.15) is 11.1 Å². The van der Waals surface area contributed by atoms with Gasteiger partial charge in [0.15, 0.2) is 5.13 Å². The molecule has 0 aliphatic carbocycles. The minimum Gasteiger partial charge on any atom is -0.497 e. The van der Waals surface area contributed by atoms with Gasteiger partial charge in [0.2, 0.25) is 0 Å². The molecule has 0 atom stereocenters. The summed E-state index contributed by atoms with van der Waals surface area (Å²) in [4.78, 5) is 33.9. The normalized spacial score (nSPS) is 11.0. The number of nitrogens with zero attached hydrogens (tertiary/aromatic N) is 4. The zero-order chi connectivity index (χ0) is 22.5. The minimum absolute atomic E-state index is 0.0339. The van der Waals surface area contributed by atoms with Gasteiger partial charge in [-0.15, -0.1) is 0 Å². The van der Waals surface area contributed by atoms with E-state index in [0.29, 0.717) is 23.0 Å². The van der Waals surface area contributed by atoms with E-state index < -0.39 is 4.92 Å². The lowest BCUT2D eigenvalue weighted by Crippen LogP contribution is -2.28. The number of aromatic nitrogens is 2. The number of thiazole rings is 1. The second-order valence-corrected chi connectivity index (χ2v) is 7.80. The van der Waals surface area contributed by atoms with E-state index >= 15 is 0 Å². The molecule has 2 heterocycles. The second-order valence-electron chi connectivity index (χ2n) is 6.80. The Balaban J connectivity index is 1.67. The van der Waals surface area contributed by atoms with Crippen LogP contribution in [0.3, 0.4) is 0 Å². The van der Waals surface area contributed by atoms with Crippen LogP contribution in [-0.4, -0.2) is 27.9 Å². The van der Waals surface area contributed by atoms with E-state index in [1.807, 2.05) is 30.3 Å². The van der Waals surface area contributed by atoms with E-state index in [-0.39, 0.29) is 11.6 Å². The maximum atomic E-state index is 13.2. The molecule has 1 amide bonds. The second kappa shape index (κ2) is 9.36. The number of rotatable bonds is 7. The number of amides is 1. The standard InChI is InChI=1S/C23H18N4O4S/c1-31-19-6-7-20-21(14-19)32-23(25-20)26(15-17-9-11-24-12-10-17)22(28)8-5-16-3-2-4-18(13-16)27(29)30/h2-14H,15H2,1H3/b8-5+. The molecule has 0 saturated carbocycles. The van der Waals surface area contributed by atoms with Crippen molar-refractivity contribution in [2.24, 2.45) is 0 Å². The van der Waals surface area contributed by atoms with E-state index in [4.69, 9.17) is 4.74 Å². The van der Waals surface area contributed by atoms with Crippen LogP contribution >= 0.6 is 11.3 Å². The molecule has 0 fully saturated rings. The lowest BCUT2D eigenvalue weighted by Gasteiger charge is -2.18. The van der Waals surface area contributed by atoms with Crippen LogP contribution in [0.5, 0.6) is 5.75 Å². The largest absolute Gasteiger partial charge is 0.497 e. The molecule has 0 radical (unpaired) electrons. The summed E-state index contributed by atoms with van der Waals surface area (Å²) >= 11 is 1.39. The van der Waals surface area contributed by atoms with Crippen molar-refractivity contribution in [1.82, 2.24) is 9.97 Å². The third kappa shape index (κ3) is 4.79. The summed E-state index contributed by atoms with van der Waals surface area (Å²) in [5, 5.41) is 11.5. The fourth-order valence-corrected chi connectivity index (χ4v) is 4.04. The monoisotopic (exact) mass is 446 g/mol. The average Bonchev–Trinajstić information content (AvgIpc) is 3.24. The molecule has 4 rings (SSSR count). The fraction of sp³-hybridized carbons (Fsp3) is 0.0870. The highest BCUT2D eigenvalue weighted by atomic mass is 32.1. The van der Waals surface area contributed by atoms with Crippen molar-refractivity contribution in [2.45, 2.75) is 6.54 Å². The first-order valence-electron chi connectivity index (χ1n) is 9.61. The van der Waals surface area contributed by atoms with Crippen molar-refractivity contribution in [1.29, 1.82) is 0 Å². The van der Waals surface area contributed by atoms with Crippen LogP contribution in [0.2, 0.25) is 0 Å². The molecule has 0 saturated heterocycles. The molecular weight excluding hydrogens is 428 g/mol. The Kier molecular flexibility index (Phi) is 6.18. The van der Waals surface area contributed by atoms with Crippen molar-refractivity contribution in [3.05, 3.63) is 94.3 Å². The number of carbonyl (C=O) groups excluding carboxylic acids is 1. The lowest BCUT2D eigenvalue weighted by atomic mass is 10.2. The molecule has 160 valence electrons. The molecule has 0 unspecified atom stereocenters. The molecule has 0 aliphatic heterocycles. The van der Waals surface area contributed by atoms with E-state index in [1.54, 1.807) is 42.6 Å². The number of hydrogen-bond acceptors (Lipinski definition) is 7. The van der Waals surface area contributed by atoms with E-state index in [1.165, 1.54) is 29.5 Å². The van der Waals surface area contributed by atoms with Gasteiger partial charge in [-0.2, -0.15) is 0 Å². The quantitative estimate of drug-likeness (QED) is 0.229. The number of pyridine rings is 1. The average molecular weight is 446 g/mol. The van der Waals surface area contributed by atoms with Gasteiger partial charge in [-0.3, -0.25) is 24.8 Å². The summed E-state index contributed by atoms with van der Waals surface area (Å²) in [6, 6.07) is 15.3. The van der Waals surface area contributed by atoms with Gasteiger partial charge in [0.05, 0.1) is 28.8 Å². The van der Waals surface area contributed by atoms with Crippen molar-refractivity contribution in [3.63, 3.8) is 0 Å². The lowest BCUT2D eigenvalue weighted by molar-refractivity contribution is -0.384. The Morgan fingerprint density at radius 1 is 1.19 bits per heavy atom. The Morgan fingerprint density at radius 3 is 2.75 bits per heavy atom. The minimum atomic E-state index is -0.468. The molecular formula is C23H18N4O4S. The van der Waals surface area contributed by atoms with Crippen LogP contribution in [0.25, 0.3) is 16.3 Å². The summed E-state index contributed by atoms with van der Waals surface area (Å²) in [5.41, 5.74) is 2.19. The van der Waals surface area contributed by atoms with Crippen molar-refractivity contribution >= 4 is 44.4 Å². The molecule has 2 aromatic carbocycles. The maximum Gasteiger partial charge on any atom is 0.270 e. The van der Waals surface area contributed by atoms with Crippen LogP contribution < -0.4 is 9.64 Å². The van der Waals surface area contributed by atoms with Gasteiger partial charge in [-0.25, -0.2) is 4.98 Å². The smallest absolute Gasteiger partial charge is 0.270 e. The summed E-state index contributed by atoms with van der Waals surface area (Å²) in [6.07, 6.45) is 6.29. The van der Waals surface area contributed by atoms with Gasteiger partial charge in [0, 0.05) is 30.6 Å². The predicted molar refractivity (Wildman–Crippen MR) is 124 cm³/mol. The molecule has 9 heteroatoms. The zero-order valence-electron chi connectivity index (χ0n) is 17.0.